The van der Waals surface area contributed by atoms with Gasteiger partial charge in [0, 0.05) is 123 Å². The normalized spacial score (nSPS) is 27.7. The van der Waals surface area contributed by atoms with Gasteiger partial charge in [-0.25, -0.2) is 28.0 Å². The Balaban J connectivity index is 0.000000320. The first-order chi connectivity index (χ1) is 60.2. The number of carbonyl (C=O) groups excluding carboxylic acids is 11. The summed E-state index contributed by atoms with van der Waals surface area (Å²) in [6.07, 6.45) is 0.145. The molecule has 4 fully saturated rings. The fraction of sp³-hybridized carbons (Fsp3) is 0.568. The summed E-state index contributed by atoms with van der Waals surface area (Å²) in [6.45, 7) is 13.6. The zero-order valence-electron chi connectivity index (χ0n) is 74.1. The molecular formula is C88H112Cl2F4N6O26S2. The molecule has 0 aromatic heterocycles. The average Bonchev–Trinajstić information content (AvgIpc) is 1.57. The Morgan fingerprint density at radius 3 is 1.34 bits per heavy atom. The third-order valence-corrected chi connectivity index (χ3v) is 26.3. The minimum absolute atomic E-state index is 0.0218. The van der Waals surface area contributed by atoms with Gasteiger partial charge in [-0.2, -0.15) is 32.3 Å². The number of allylic oxidation sites excluding steroid dienone is 6. The number of nitrogens with zero attached hydrogens (tertiary/aromatic N) is 4. The fourth-order valence-electron chi connectivity index (χ4n) is 15.3. The highest BCUT2D eigenvalue weighted by Crippen LogP contribution is 2.52. The summed E-state index contributed by atoms with van der Waals surface area (Å²) in [6, 6.07) is 4.73. The standard InChI is InChI=1S/C47H56ClF4N3O13S.C41H56ClN3O13S/c1-24-11-9-13-34(64-8)47(62)22-33(65-45(61)53-47)25(2)43-46(4,68-43)35(21-37(58)55(6)31-18-27(17-24)19-32(63-7)39(31)48)66-44(60)26(3)54(5)36(57)15-16-69-23-28(56)12-10-14-38(59)67-42-40(51)29(49)20-30(50)41(42)52;1-23-11-9-13-31(55-8)41(53)21-30(56-39(52)43-41)24(2)37-40(4,58-37)32(20-34(48)45(6)28-18-26(17-23)19-29(54-7)36(28)42)57-38(51)25(3)44(5)33(47)15-16-59-22-27(46)12-10-14-35(49)50/h9,11,13,18-20,25-26,33-35,43,62H,10,12,14-17,21-23H2,1-8H3,(H,53,61);9,11,13,18-19,24-25,30-32,37,53H,10,12,14-17,20-22H2,1-8H3,(H,43,52)(H,49,50)/b13-9+,24-11+;13-9+,23-11+/t25-,26+,33+,34-,35+,43+,46+,47+;24-,25+,30+,31-,32+,37+,40+,41+/m11/s1. The van der Waals surface area contributed by atoms with Crippen molar-refractivity contribution in [3.05, 3.63) is 122 Å². The molecule has 704 valence electrons. The molecule has 9 rings (SSSR count). The largest absolute Gasteiger partial charge is 0.495 e. The molecule has 128 heavy (non-hydrogen) atoms. The van der Waals surface area contributed by atoms with Gasteiger partial charge in [0.2, 0.25) is 41.0 Å². The van der Waals surface area contributed by atoms with E-state index in [1.54, 1.807) is 83.3 Å². The van der Waals surface area contributed by atoms with E-state index in [0.717, 1.165) is 38.9 Å². The predicted molar refractivity (Wildman–Crippen MR) is 463 cm³/mol. The number of alkyl carbamates (subject to hydrolysis) is 2. The summed E-state index contributed by atoms with van der Waals surface area (Å²) in [5.74, 6) is -14.9. The van der Waals surface area contributed by atoms with Crippen LogP contribution >= 0.6 is 46.7 Å². The lowest BCUT2D eigenvalue weighted by molar-refractivity contribution is -0.162. The van der Waals surface area contributed by atoms with Crippen LogP contribution in [0.25, 0.3) is 0 Å². The number of carboxylic acid groups (broad SMARTS) is 1. The van der Waals surface area contributed by atoms with E-state index in [2.05, 4.69) is 15.4 Å². The first-order valence-electron chi connectivity index (χ1n) is 41.3. The molecule has 6 amide bonds. The van der Waals surface area contributed by atoms with Gasteiger partial charge in [-0.05, 0) is 103 Å². The third-order valence-electron chi connectivity index (χ3n) is 23.5. The van der Waals surface area contributed by atoms with Gasteiger partial charge in [0.25, 0.3) is 0 Å². The van der Waals surface area contributed by atoms with Gasteiger partial charge in [0.05, 0.1) is 62.1 Å². The van der Waals surface area contributed by atoms with Gasteiger partial charge in [0.1, 0.15) is 93.0 Å². The van der Waals surface area contributed by atoms with E-state index >= 15 is 0 Å². The molecule has 3 aromatic carbocycles. The number of thioether (sulfide) groups is 2. The van der Waals surface area contributed by atoms with Crippen LogP contribution in [0.1, 0.15) is 144 Å². The highest BCUT2D eigenvalue weighted by Gasteiger charge is 2.66. The van der Waals surface area contributed by atoms with Crippen LogP contribution in [0.4, 0.5) is 38.5 Å². The van der Waals surface area contributed by atoms with Gasteiger partial charge in [-0.3, -0.25) is 49.0 Å². The van der Waals surface area contributed by atoms with Gasteiger partial charge >= 0.3 is 36.1 Å². The molecule has 0 radical (unpaired) electrons. The third kappa shape index (κ3) is 26.5. The van der Waals surface area contributed by atoms with E-state index in [0.29, 0.717) is 41.5 Å². The number of carboxylic acids is 1. The van der Waals surface area contributed by atoms with Crippen molar-refractivity contribution >= 4 is 129 Å². The van der Waals surface area contributed by atoms with Crippen molar-refractivity contribution in [1.82, 2.24) is 20.4 Å². The molecule has 6 aliphatic rings. The molecular weight excluding hydrogens is 1770 g/mol. The molecule has 16 atom stereocenters. The van der Waals surface area contributed by atoms with Crippen LogP contribution < -0.4 is 34.6 Å². The fourth-order valence-corrected chi connectivity index (χ4v) is 17.6. The SMILES string of the molecule is COc1cc2cc(c1Cl)N(C)C(=O)C[C@H](OC(=O)[C@H](C)N(C)C(=O)CCSCC(=O)CCCC(=O)O)[C@]1(C)O[C@H]1[C@H](C)[C@@H]1C[C@@](O)(NC(=O)O1)[C@H](OC)/C=C/C=C(\C)C2.COc1cc2cc(c1Cl)N(C)C(=O)C[C@H](OC(=O)[C@H](C)N(C)C(=O)CCSCC(=O)CCCC(=O)Oc1c(F)c(F)cc(F)c1F)[C@]1(C)O[C@H]1[C@H](C)[C@@H]1C[C@@](O)(NC(=O)O1)[C@H](OC)/C=C/C=C(\C)C2. The number of fused-ring (bicyclic) bond motifs is 10. The number of esters is 3. The molecule has 0 spiro atoms. The molecule has 8 bridgehead atoms. The molecule has 4 saturated heterocycles. The number of epoxide rings is 2. The Morgan fingerprint density at radius 2 is 0.977 bits per heavy atom. The van der Waals surface area contributed by atoms with Crippen molar-refractivity contribution < 1.29 is 143 Å². The number of aliphatic carboxylic acids is 1. The molecule has 6 heterocycles. The molecule has 32 nitrogen and oxygen atoms in total. The number of amides is 6. The van der Waals surface area contributed by atoms with Gasteiger partial charge in [0.15, 0.2) is 23.1 Å². The molecule has 3 aromatic rings. The predicted octanol–water partition coefficient (Wildman–Crippen LogP) is 11.0. The maximum absolute atomic E-state index is 14.3. The maximum atomic E-state index is 14.3. The average molecular weight is 1880 g/mol. The zero-order chi connectivity index (χ0) is 94.9. The van der Waals surface area contributed by atoms with Crippen molar-refractivity contribution in [3.8, 4) is 17.2 Å². The number of ketones is 2. The number of nitrogens with one attached hydrogen (secondary N) is 2. The molecule has 6 aliphatic heterocycles. The van der Waals surface area contributed by atoms with E-state index < -0.39 is 191 Å². The zero-order valence-corrected chi connectivity index (χ0v) is 77.3. The number of hydrogen-bond acceptors (Lipinski definition) is 27. The second kappa shape index (κ2) is 45.4. The second-order valence-electron chi connectivity index (χ2n) is 32.9. The van der Waals surface area contributed by atoms with Crippen LogP contribution in [-0.2, 0) is 98.7 Å². The van der Waals surface area contributed by atoms with E-state index in [1.807, 2.05) is 26.0 Å². The van der Waals surface area contributed by atoms with E-state index in [4.69, 9.17) is 75.7 Å². The summed E-state index contributed by atoms with van der Waals surface area (Å²) < 4.78 is 117. The number of anilines is 2. The van der Waals surface area contributed by atoms with Crippen LogP contribution in [0.3, 0.4) is 0 Å². The summed E-state index contributed by atoms with van der Waals surface area (Å²) in [4.78, 5) is 161. The van der Waals surface area contributed by atoms with Crippen LogP contribution in [0.5, 0.6) is 17.2 Å². The number of methoxy groups -OCH3 is 4. The molecule has 0 saturated carbocycles. The molecule has 40 heteroatoms. The molecule has 0 aliphatic carbocycles. The number of rotatable bonds is 29. The second-order valence-corrected chi connectivity index (χ2v) is 35.8. The Bertz CT molecular complexity index is 4750. The van der Waals surface area contributed by atoms with Crippen molar-refractivity contribution in [3.63, 3.8) is 0 Å². The van der Waals surface area contributed by atoms with E-state index in [9.17, 15) is 85.3 Å². The number of hydrogen-bond donors (Lipinski definition) is 5. The Labute approximate surface area is 758 Å². The van der Waals surface area contributed by atoms with Gasteiger partial charge < -0.3 is 87.0 Å². The number of ether oxygens (including phenoxy) is 11. The molecule has 5 N–H and O–H groups in total. The topological polar surface area (TPSA) is 411 Å². The smallest absolute Gasteiger partial charge is 0.409 e. The lowest BCUT2D eigenvalue weighted by Gasteiger charge is -2.42. The lowest BCUT2D eigenvalue weighted by Crippen LogP contribution is -2.63. The van der Waals surface area contributed by atoms with Crippen molar-refractivity contribution in [2.24, 2.45) is 11.8 Å². The highest BCUT2D eigenvalue weighted by atomic mass is 35.5. The number of likely N-dealkylation sites (N-methyl/N-ethyl adjacent to an activating group) is 2. The van der Waals surface area contributed by atoms with Crippen LogP contribution in [0.2, 0.25) is 10.0 Å². The van der Waals surface area contributed by atoms with Crippen LogP contribution in [0.15, 0.2) is 77.9 Å². The Morgan fingerprint density at radius 1 is 0.594 bits per heavy atom. The number of aliphatic hydroxyl groups is 2. The van der Waals surface area contributed by atoms with E-state index in [-0.39, 0.29) is 115 Å². The summed E-state index contributed by atoms with van der Waals surface area (Å²) in [5.41, 5.74) is -2.40. The quantitative estimate of drug-likeness (QED) is 0.00819. The lowest BCUT2D eigenvalue weighted by atomic mass is 9.83. The molecule has 0 unspecified atom stereocenters. The number of benzene rings is 3. The van der Waals surface area contributed by atoms with E-state index in [1.165, 1.54) is 89.9 Å². The minimum Gasteiger partial charge on any atom is -0.495 e. The van der Waals surface area contributed by atoms with Crippen LogP contribution in [-0.4, -0.2) is 260 Å². The number of Topliss-reactive ketones (excluding diaryl/α,β-unsaturated/α-hetero) is 2. The number of halogens is 6. The van der Waals surface area contributed by atoms with Gasteiger partial charge in [-0.15, -0.1) is 0 Å². The van der Waals surface area contributed by atoms with Crippen molar-refractivity contribution in [1.29, 1.82) is 0 Å². The summed E-state index contributed by atoms with van der Waals surface area (Å²) >= 11 is 15.9. The van der Waals surface area contributed by atoms with Gasteiger partial charge in [-0.1, -0.05) is 84.7 Å². The minimum atomic E-state index is -1.90. The highest BCUT2D eigenvalue weighted by molar-refractivity contribution is 8.00. The van der Waals surface area contributed by atoms with Crippen molar-refractivity contribution in [2.45, 2.75) is 229 Å². The first-order valence-corrected chi connectivity index (χ1v) is 44.4. The maximum Gasteiger partial charge on any atom is 0.409 e. The first kappa shape index (κ1) is 104. The summed E-state index contributed by atoms with van der Waals surface area (Å²) in [5, 5.41) is 37.6. The van der Waals surface area contributed by atoms with Crippen LogP contribution in [0, 0.1) is 35.1 Å². The monoisotopic (exact) mass is 1880 g/mol. The van der Waals surface area contributed by atoms with Crippen molar-refractivity contribution in [2.75, 3.05) is 89.4 Å². The summed E-state index contributed by atoms with van der Waals surface area (Å²) in [7, 11) is 11.6. The Kier molecular flexibility index (Phi) is 36.9. The Hall–Kier alpha value is -9.38. The number of carbonyl (C=O) groups is 12.